The molecule has 0 aromatic heterocycles. The molecule has 3 N–H and O–H groups in total. The first kappa shape index (κ1) is 26.9. The van der Waals surface area contributed by atoms with Gasteiger partial charge in [0.05, 0.1) is 30.7 Å². The Morgan fingerprint density at radius 3 is 2.53 bits per heavy atom. The number of nitrogens with zero attached hydrogens (tertiary/aromatic N) is 1. The van der Waals surface area contributed by atoms with Gasteiger partial charge in [-0.15, -0.1) is 0 Å². The SMILES string of the molecule is CC(C)COC(=O)N1CC[C@H](C(=O)Nc2ccc(OCCc3ccccc3)cc2F)[C@@H](C(=O)NO)C1. The Balaban J connectivity index is 1.59. The summed E-state index contributed by atoms with van der Waals surface area (Å²) < 4.78 is 25.5. The van der Waals surface area contributed by atoms with E-state index >= 15 is 0 Å². The van der Waals surface area contributed by atoms with E-state index in [0.29, 0.717) is 18.8 Å². The van der Waals surface area contributed by atoms with Crippen LogP contribution in [0.5, 0.6) is 5.75 Å². The first-order chi connectivity index (χ1) is 17.3. The van der Waals surface area contributed by atoms with Gasteiger partial charge in [0.15, 0.2) is 0 Å². The van der Waals surface area contributed by atoms with Crippen LogP contribution in [0.15, 0.2) is 48.5 Å². The second-order valence-corrected chi connectivity index (χ2v) is 9.11. The summed E-state index contributed by atoms with van der Waals surface area (Å²) in [6.07, 6.45) is 0.217. The molecule has 2 aromatic carbocycles. The molecule has 2 aromatic rings. The van der Waals surface area contributed by atoms with Crippen molar-refractivity contribution in [1.82, 2.24) is 10.4 Å². The molecule has 194 valence electrons. The molecule has 10 heteroatoms. The summed E-state index contributed by atoms with van der Waals surface area (Å²) in [4.78, 5) is 38.9. The average Bonchev–Trinajstić information content (AvgIpc) is 2.88. The summed E-state index contributed by atoms with van der Waals surface area (Å²) in [6, 6.07) is 13.9. The fourth-order valence-electron chi connectivity index (χ4n) is 3.95. The number of piperidine rings is 1. The van der Waals surface area contributed by atoms with Gasteiger partial charge in [-0.1, -0.05) is 44.2 Å². The standard InChI is InChI=1S/C26H32FN3O6/c1-17(2)16-36-26(33)30-12-10-20(21(15-30)25(32)29-34)24(31)28-23-9-8-19(14-22(23)27)35-13-11-18-6-4-3-5-7-18/h3-9,14,17,20-21,34H,10-13,15-16H2,1-2H3,(H,28,31)(H,29,32)/t20-,21-/m0/s1. The zero-order chi connectivity index (χ0) is 26.1. The van der Waals surface area contributed by atoms with Gasteiger partial charge in [-0.2, -0.15) is 0 Å². The van der Waals surface area contributed by atoms with E-state index in [0.717, 1.165) is 5.56 Å². The molecule has 2 atom stereocenters. The molecule has 0 aliphatic carbocycles. The third kappa shape index (κ3) is 7.42. The van der Waals surface area contributed by atoms with Crippen molar-refractivity contribution in [2.45, 2.75) is 26.7 Å². The first-order valence-electron chi connectivity index (χ1n) is 11.9. The summed E-state index contributed by atoms with van der Waals surface area (Å²) in [5.41, 5.74) is 2.60. The van der Waals surface area contributed by atoms with E-state index in [1.54, 1.807) is 11.5 Å². The monoisotopic (exact) mass is 501 g/mol. The van der Waals surface area contributed by atoms with E-state index in [-0.39, 0.29) is 37.7 Å². The molecule has 1 heterocycles. The predicted octanol–water partition coefficient (Wildman–Crippen LogP) is 3.62. The van der Waals surface area contributed by atoms with Crippen molar-refractivity contribution in [1.29, 1.82) is 0 Å². The minimum absolute atomic E-state index is 0.0580. The lowest BCUT2D eigenvalue weighted by atomic mass is 9.84. The molecule has 1 saturated heterocycles. The van der Waals surface area contributed by atoms with Crippen molar-refractivity contribution >= 4 is 23.6 Å². The molecule has 0 saturated carbocycles. The fraction of sp³-hybridized carbons (Fsp3) is 0.423. The van der Waals surface area contributed by atoms with Gasteiger partial charge in [-0.3, -0.25) is 14.8 Å². The summed E-state index contributed by atoms with van der Waals surface area (Å²) in [6.45, 7) is 4.45. The lowest BCUT2D eigenvalue weighted by Crippen LogP contribution is -2.52. The highest BCUT2D eigenvalue weighted by Crippen LogP contribution is 2.28. The largest absolute Gasteiger partial charge is 0.493 e. The number of hydrogen-bond acceptors (Lipinski definition) is 6. The van der Waals surface area contributed by atoms with Crippen LogP contribution in [-0.4, -0.2) is 54.3 Å². The number of halogens is 1. The van der Waals surface area contributed by atoms with E-state index in [9.17, 15) is 18.8 Å². The van der Waals surface area contributed by atoms with E-state index in [4.69, 9.17) is 14.7 Å². The minimum atomic E-state index is -1.03. The summed E-state index contributed by atoms with van der Waals surface area (Å²) in [5, 5.41) is 11.7. The van der Waals surface area contributed by atoms with Crippen molar-refractivity contribution in [2.75, 3.05) is 31.6 Å². The average molecular weight is 502 g/mol. The quantitative estimate of drug-likeness (QED) is 0.357. The van der Waals surface area contributed by atoms with Gasteiger partial charge in [0.25, 0.3) is 0 Å². The maximum absolute atomic E-state index is 14.7. The van der Waals surface area contributed by atoms with Crippen LogP contribution in [0.1, 0.15) is 25.8 Å². The molecule has 1 aliphatic heterocycles. The lowest BCUT2D eigenvalue weighted by Gasteiger charge is -2.36. The third-order valence-corrected chi connectivity index (χ3v) is 5.90. The van der Waals surface area contributed by atoms with E-state index in [1.807, 2.05) is 44.2 Å². The third-order valence-electron chi connectivity index (χ3n) is 5.90. The molecule has 0 bridgehead atoms. The van der Waals surface area contributed by atoms with Crippen LogP contribution < -0.4 is 15.5 Å². The van der Waals surface area contributed by atoms with Crippen LogP contribution in [0.25, 0.3) is 0 Å². The Bertz CT molecular complexity index is 1050. The van der Waals surface area contributed by atoms with Crippen LogP contribution in [0.3, 0.4) is 0 Å². The van der Waals surface area contributed by atoms with Crippen LogP contribution in [-0.2, 0) is 20.7 Å². The number of amides is 3. The van der Waals surface area contributed by atoms with Gasteiger partial charge >= 0.3 is 6.09 Å². The highest BCUT2D eigenvalue weighted by atomic mass is 19.1. The van der Waals surface area contributed by atoms with E-state index in [2.05, 4.69) is 5.32 Å². The smallest absolute Gasteiger partial charge is 0.409 e. The fourth-order valence-corrected chi connectivity index (χ4v) is 3.95. The summed E-state index contributed by atoms with van der Waals surface area (Å²) in [5.74, 6) is -3.52. The first-order valence-corrected chi connectivity index (χ1v) is 11.9. The topological polar surface area (TPSA) is 117 Å². The molecule has 0 spiro atoms. The number of carbonyl (C=O) groups is 3. The lowest BCUT2D eigenvalue weighted by molar-refractivity contribution is -0.141. The predicted molar refractivity (Wildman–Crippen MR) is 130 cm³/mol. The van der Waals surface area contributed by atoms with Crippen molar-refractivity contribution in [3.63, 3.8) is 0 Å². The Morgan fingerprint density at radius 2 is 1.86 bits per heavy atom. The van der Waals surface area contributed by atoms with Crippen molar-refractivity contribution in [3.05, 3.63) is 59.9 Å². The second-order valence-electron chi connectivity index (χ2n) is 9.11. The Kier molecular flexibility index (Phi) is 9.63. The van der Waals surface area contributed by atoms with Crippen molar-refractivity contribution in [2.24, 2.45) is 17.8 Å². The Morgan fingerprint density at radius 1 is 1.11 bits per heavy atom. The molecule has 1 fully saturated rings. The molecule has 9 nitrogen and oxygen atoms in total. The Hall–Kier alpha value is -3.66. The normalized spacial score (nSPS) is 17.4. The molecule has 0 radical (unpaired) electrons. The van der Waals surface area contributed by atoms with Gasteiger partial charge < -0.3 is 19.7 Å². The number of rotatable bonds is 9. The second kappa shape index (κ2) is 12.9. The highest BCUT2D eigenvalue weighted by Gasteiger charge is 2.40. The number of carbonyl (C=O) groups excluding carboxylic acids is 3. The maximum atomic E-state index is 14.7. The molecule has 3 amide bonds. The van der Waals surface area contributed by atoms with Crippen LogP contribution in [0.2, 0.25) is 0 Å². The molecule has 3 rings (SSSR count). The highest BCUT2D eigenvalue weighted by molar-refractivity contribution is 5.96. The van der Waals surface area contributed by atoms with Crippen molar-refractivity contribution < 1.29 is 33.5 Å². The maximum Gasteiger partial charge on any atom is 0.409 e. The molecule has 0 unspecified atom stereocenters. The van der Waals surface area contributed by atoms with Gasteiger partial charge in [-0.25, -0.2) is 14.7 Å². The molecular weight excluding hydrogens is 469 g/mol. The number of benzene rings is 2. The minimum Gasteiger partial charge on any atom is -0.493 e. The van der Waals surface area contributed by atoms with Crippen molar-refractivity contribution in [3.8, 4) is 5.75 Å². The van der Waals surface area contributed by atoms with Gasteiger partial charge in [0.2, 0.25) is 11.8 Å². The van der Waals surface area contributed by atoms with Crippen LogP contribution in [0.4, 0.5) is 14.9 Å². The van der Waals surface area contributed by atoms with Gasteiger partial charge in [-0.05, 0) is 30.0 Å². The van der Waals surface area contributed by atoms with Gasteiger partial charge in [0.1, 0.15) is 11.6 Å². The number of hydroxylamine groups is 1. The van der Waals surface area contributed by atoms with Crippen LogP contribution in [0, 0.1) is 23.6 Å². The van der Waals surface area contributed by atoms with E-state index in [1.165, 1.54) is 17.0 Å². The number of likely N-dealkylation sites (tertiary alicyclic amines) is 1. The summed E-state index contributed by atoms with van der Waals surface area (Å²) in [7, 11) is 0. The number of ether oxygens (including phenoxy) is 2. The number of hydrogen-bond donors (Lipinski definition) is 3. The van der Waals surface area contributed by atoms with Crippen LogP contribution >= 0.6 is 0 Å². The molecule has 36 heavy (non-hydrogen) atoms. The Labute approximate surface area is 209 Å². The zero-order valence-corrected chi connectivity index (χ0v) is 20.4. The number of anilines is 1. The summed E-state index contributed by atoms with van der Waals surface area (Å²) >= 11 is 0. The van der Waals surface area contributed by atoms with E-state index < -0.39 is 35.6 Å². The van der Waals surface area contributed by atoms with Gasteiger partial charge in [0, 0.05) is 25.6 Å². The molecule has 1 aliphatic rings. The molecular formula is C26H32FN3O6. The number of nitrogens with one attached hydrogen (secondary N) is 2. The zero-order valence-electron chi connectivity index (χ0n) is 20.4.